The van der Waals surface area contributed by atoms with Crippen LogP contribution < -0.4 is 0 Å². The summed E-state index contributed by atoms with van der Waals surface area (Å²) in [5.74, 6) is 0.713. The number of nitriles is 1. The molecule has 0 saturated heterocycles. The molecule has 1 saturated carbocycles. The van der Waals surface area contributed by atoms with E-state index < -0.39 is 0 Å². The molecule has 0 unspecified atom stereocenters. The van der Waals surface area contributed by atoms with Crippen molar-refractivity contribution in [1.82, 2.24) is 4.90 Å². The van der Waals surface area contributed by atoms with Crippen molar-refractivity contribution in [2.24, 2.45) is 5.92 Å². The maximum atomic E-state index is 8.73. The molecule has 0 aromatic rings. The molecule has 0 radical (unpaired) electrons. The van der Waals surface area contributed by atoms with Crippen molar-refractivity contribution in [3.8, 4) is 6.19 Å². The standard InChI is InChI=1S/C9H16N2/c1-8(2)5-6-11(7-10)9-3-4-9/h8-9H,3-6H2,1-2H3. The molecule has 0 heterocycles. The van der Waals surface area contributed by atoms with E-state index in [9.17, 15) is 0 Å². The number of hydrogen-bond donors (Lipinski definition) is 0. The lowest BCUT2D eigenvalue weighted by atomic mass is 10.1. The molecule has 0 bridgehead atoms. The van der Waals surface area contributed by atoms with Crippen molar-refractivity contribution in [2.75, 3.05) is 6.54 Å². The topological polar surface area (TPSA) is 27.0 Å². The predicted octanol–water partition coefficient (Wildman–Crippen LogP) is 1.98. The molecule has 2 heteroatoms. The summed E-state index contributed by atoms with van der Waals surface area (Å²) in [5.41, 5.74) is 0. The third-order valence-corrected chi connectivity index (χ3v) is 2.06. The lowest BCUT2D eigenvalue weighted by Crippen LogP contribution is -2.22. The Labute approximate surface area is 68.8 Å². The van der Waals surface area contributed by atoms with Crippen LogP contribution in [0, 0.1) is 17.4 Å². The monoisotopic (exact) mass is 152 g/mol. The van der Waals surface area contributed by atoms with Crippen molar-refractivity contribution < 1.29 is 0 Å². The van der Waals surface area contributed by atoms with Crippen molar-refractivity contribution in [3.05, 3.63) is 0 Å². The highest BCUT2D eigenvalue weighted by Gasteiger charge is 2.27. The fraction of sp³-hybridized carbons (Fsp3) is 0.889. The molecule has 2 nitrogen and oxygen atoms in total. The first-order valence-electron chi connectivity index (χ1n) is 4.40. The fourth-order valence-electron chi connectivity index (χ4n) is 1.10. The van der Waals surface area contributed by atoms with Crippen LogP contribution in [-0.4, -0.2) is 17.5 Å². The molecule has 0 N–H and O–H groups in total. The molecular weight excluding hydrogens is 136 g/mol. The summed E-state index contributed by atoms with van der Waals surface area (Å²) in [5, 5.41) is 8.73. The molecule has 0 aromatic carbocycles. The van der Waals surface area contributed by atoms with Crippen LogP contribution >= 0.6 is 0 Å². The minimum absolute atomic E-state index is 0.596. The molecule has 0 atom stereocenters. The number of hydrogen-bond acceptors (Lipinski definition) is 2. The second-order valence-electron chi connectivity index (χ2n) is 3.71. The fourth-order valence-corrected chi connectivity index (χ4v) is 1.10. The van der Waals surface area contributed by atoms with Gasteiger partial charge >= 0.3 is 0 Å². The third-order valence-electron chi connectivity index (χ3n) is 2.06. The first kappa shape index (κ1) is 8.39. The van der Waals surface area contributed by atoms with E-state index in [4.69, 9.17) is 5.26 Å². The first-order chi connectivity index (χ1) is 5.24. The summed E-state index contributed by atoms with van der Waals surface area (Å²) in [6.45, 7) is 5.35. The summed E-state index contributed by atoms with van der Waals surface area (Å²) in [6.07, 6.45) is 5.85. The van der Waals surface area contributed by atoms with Gasteiger partial charge in [-0.05, 0) is 25.2 Å². The van der Waals surface area contributed by atoms with E-state index in [1.54, 1.807) is 0 Å². The molecule has 62 valence electrons. The summed E-state index contributed by atoms with van der Waals surface area (Å²) >= 11 is 0. The van der Waals surface area contributed by atoms with Crippen LogP contribution in [0.1, 0.15) is 33.1 Å². The zero-order chi connectivity index (χ0) is 8.27. The van der Waals surface area contributed by atoms with E-state index in [0.29, 0.717) is 12.0 Å². The summed E-state index contributed by atoms with van der Waals surface area (Å²) in [4.78, 5) is 1.93. The van der Waals surface area contributed by atoms with Crippen LogP contribution in [0.15, 0.2) is 0 Å². The Kier molecular flexibility index (Phi) is 2.76. The highest BCUT2D eigenvalue weighted by molar-refractivity contribution is 4.91. The molecule has 0 spiro atoms. The zero-order valence-corrected chi connectivity index (χ0v) is 7.38. The molecule has 11 heavy (non-hydrogen) atoms. The van der Waals surface area contributed by atoms with E-state index in [-0.39, 0.29) is 0 Å². The number of rotatable bonds is 4. The van der Waals surface area contributed by atoms with Crippen LogP contribution in [-0.2, 0) is 0 Å². The maximum absolute atomic E-state index is 8.73. The van der Waals surface area contributed by atoms with Crippen LogP contribution in [0.4, 0.5) is 0 Å². The molecule has 0 amide bonds. The summed E-state index contributed by atoms with van der Waals surface area (Å²) in [6, 6.07) is 0.596. The van der Waals surface area contributed by atoms with Gasteiger partial charge in [-0.15, -0.1) is 0 Å². The van der Waals surface area contributed by atoms with Gasteiger partial charge in [0.1, 0.15) is 0 Å². The van der Waals surface area contributed by atoms with Crippen molar-refractivity contribution in [3.63, 3.8) is 0 Å². The smallest absolute Gasteiger partial charge is 0.179 e. The Balaban J connectivity index is 2.17. The molecule has 1 rings (SSSR count). The Hall–Kier alpha value is -0.710. The van der Waals surface area contributed by atoms with Gasteiger partial charge in [0.15, 0.2) is 6.19 Å². The zero-order valence-electron chi connectivity index (χ0n) is 7.38. The van der Waals surface area contributed by atoms with E-state index >= 15 is 0 Å². The predicted molar refractivity (Wildman–Crippen MR) is 44.8 cm³/mol. The van der Waals surface area contributed by atoms with Gasteiger partial charge in [0.2, 0.25) is 0 Å². The molecule has 1 aliphatic rings. The van der Waals surface area contributed by atoms with Gasteiger partial charge in [-0.2, -0.15) is 5.26 Å². The van der Waals surface area contributed by atoms with Gasteiger partial charge in [0.05, 0.1) is 0 Å². The van der Waals surface area contributed by atoms with E-state index in [1.165, 1.54) is 12.8 Å². The average molecular weight is 152 g/mol. The van der Waals surface area contributed by atoms with Crippen LogP contribution in [0.25, 0.3) is 0 Å². The van der Waals surface area contributed by atoms with Crippen molar-refractivity contribution in [2.45, 2.75) is 39.2 Å². The first-order valence-corrected chi connectivity index (χ1v) is 4.40. The molecule has 0 aromatic heterocycles. The molecule has 1 aliphatic carbocycles. The van der Waals surface area contributed by atoms with Crippen molar-refractivity contribution >= 4 is 0 Å². The average Bonchev–Trinajstić information content (AvgIpc) is 2.72. The minimum Gasteiger partial charge on any atom is -0.308 e. The van der Waals surface area contributed by atoms with E-state index in [2.05, 4.69) is 20.0 Å². The lowest BCUT2D eigenvalue weighted by molar-refractivity contribution is 0.350. The Morgan fingerprint density at radius 1 is 1.55 bits per heavy atom. The van der Waals surface area contributed by atoms with Crippen molar-refractivity contribution in [1.29, 1.82) is 5.26 Å². The second kappa shape index (κ2) is 3.61. The largest absolute Gasteiger partial charge is 0.308 e. The minimum atomic E-state index is 0.596. The van der Waals surface area contributed by atoms with E-state index in [0.717, 1.165) is 13.0 Å². The van der Waals surface area contributed by atoms with Crippen LogP contribution in [0.5, 0.6) is 0 Å². The Morgan fingerprint density at radius 2 is 2.18 bits per heavy atom. The third kappa shape index (κ3) is 2.80. The Morgan fingerprint density at radius 3 is 2.55 bits per heavy atom. The summed E-state index contributed by atoms with van der Waals surface area (Å²) < 4.78 is 0. The van der Waals surface area contributed by atoms with E-state index in [1.807, 2.05) is 4.90 Å². The summed E-state index contributed by atoms with van der Waals surface area (Å²) in [7, 11) is 0. The second-order valence-corrected chi connectivity index (χ2v) is 3.71. The normalized spacial score (nSPS) is 16.5. The molecular formula is C9H16N2. The highest BCUT2D eigenvalue weighted by atomic mass is 15.2. The van der Waals surface area contributed by atoms with Crippen LogP contribution in [0.2, 0.25) is 0 Å². The lowest BCUT2D eigenvalue weighted by Gasteiger charge is -2.15. The van der Waals surface area contributed by atoms with Crippen LogP contribution in [0.3, 0.4) is 0 Å². The van der Waals surface area contributed by atoms with Gasteiger partial charge in [-0.25, -0.2) is 0 Å². The molecule has 1 fully saturated rings. The number of nitrogens with zero attached hydrogens (tertiary/aromatic N) is 2. The van der Waals surface area contributed by atoms with Gasteiger partial charge in [-0.3, -0.25) is 0 Å². The molecule has 0 aliphatic heterocycles. The highest BCUT2D eigenvalue weighted by Crippen LogP contribution is 2.26. The van der Waals surface area contributed by atoms with Gasteiger partial charge in [0, 0.05) is 12.6 Å². The van der Waals surface area contributed by atoms with Gasteiger partial charge in [-0.1, -0.05) is 13.8 Å². The van der Waals surface area contributed by atoms with Gasteiger partial charge in [0.25, 0.3) is 0 Å². The van der Waals surface area contributed by atoms with Gasteiger partial charge < -0.3 is 4.90 Å². The quantitative estimate of drug-likeness (QED) is 0.455. The maximum Gasteiger partial charge on any atom is 0.179 e. The SMILES string of the molecule is CC(C)CCN(C#N)C1CC1. The Bertz CT molecular complexity index is 153.